The molecule has 0 spiro atoms. The average molecular weight is 431 g/mol. The molecule has 0 aromatic heterocycles. The van der Waals surface area contributed by atoms with Gasteiger partial charge in [-0.2, -0.15) is 0 Å². The maximum Gasteiger partial charge on any atom is 0.223 e. The molecule has 1 saturated heterocycles. The van der Waals surface area contributed by atoms with Crippen LogP contribution in [0.4, 0.5) is 0 Å². The van der Waals surface area contributed by atoms with Crippen molar-refractivity contribution in [1.82, 2.24) is 10.2 Å². The Morgan fingerprint density at radius 2 is 1.77 bits per heavy atom. The van der Waals surface area contributed by atoms with E-state index in [1.165, 1.54) is 5.56 Å². The Bertz CT molecular complexity index is 833. The quantitative estimate of drug-likeness (QED) is 0.651. The van der Waals surface area contributed by atoms with Crippen LogP contribution in [0.1, 0.15) is 43.4 Å². The zero-order chi connectivity index (χ0) is 21.5. The molecule has 1 aliphatic heterocycles. The van der Waals surface area contributed by atoms with Crippen molar-refractivity contribution < 1.29 is 14.3 Å². The zero-order valence-corrected chi connectivity index (χ0v) is 18.7. The normalized spacial score (nSPS) is 16.1. The van der Waals surface area contributed by atoms with Crippen LogP contribution >= 0.6 is 11.6 Å². The Kier molecular flexibility index (Phi) is 8.00. The van der Waals surface area contributed by atoms with Gasteiger partial charge in [-0.3, -0.25) is 9.69 Å². The number of hydrogen-bond donors (Lipinski definition) is 1. The summed E-state index contributed by atoms with van der Waals surface area (Å²) in [6.45, 7) is 4.83. The molecule has 3 rings (SSSR count). The molecule has 2 aromatic carbocycles. The smallest absolute Gasteiger partial charge is 0.223 e. The lowest BCUT2D eigenvalue weighted by molar-refractivity contribution is -0.127. The van der Waals surface area contributed by atoms with E-state index < -0.39 is 0 Å². The summed E-state index contributed by atoms with van der Waals surface area (Å²) in [5.74, 6) is 1.57. The standard InChI is InChI=1S/C24H31ClN2O3/c1-4-21(19-7-10-22(29-2)23(15-19)30-3)26-24(28)18-11-13-27(14-12-18)16-17-5-8-20(25)9-6-17/h5-10,15,18,21H,4,11-14,16H2,1-3H3,(H,26,28)/t21-/m0/s1. The number of carbonyl (C=O) groups excluding carboxylic acids is 1. The number of nitrogens with zero attached hydrogens (tertiary/aromatic N) is 1. The first-order valence-electron chi connectivity index (χ1n) is 10.5. The van der Waals surface area contributed by atoms with Gasteiger partial charge in [0, 0.05) is 17.5 Å². The molecule has 1 amide bonds. The molecule has 0 bridgehead atoms. The third-order valence-corrected chi connectivity index (χ3v) is 6.06. The van der Waals surface area contributed by atoms with Crippen molar-refractivity contribution in [3.63, 3.8) is 0 Å². The van der Waals surface area contributed by atoms with E-state index in [0.717, 1.165) is 49.5 Å². The van der Waals surface area contributed by atoms with E-state index in [-0.39, 0.29) is 17.9 Å². The fraction of sp³-hybridized carbons (Fsp3) is 0.458. The summed E-state index contributed by atoms with van der Waals surface area (Å²) in [6, 6.07) is 13.8. The lowest BCUT2D eigenvalue weighted by Gasteiger charge is -2.32. The van der Waals surface area contributed by atoms with Crippen LogP contribution in [-0.2, 0) is 11.3 Å². The SMILES string of the molecule is CC[C@H](NC(=O)C1CCN(Cc2ccc(Cl)cc2)CC1)c1ccc(OC)c(OC)c1. The lowest BCUT2D eigenvalue weighted by atomic mass is 9.94. The summed E-state index contributed by atoms with van der Waals surface area (Å²) in [4.78, 5) is 15.3. The van der Waals surface area contributed by atoms with E-state index in [9.17, 15) is 4.79 Å². The van der Waals surface area contributed by atoms with E-state index >= 15 is 0 Å². The number of nitrogens with one attached hydrogen (secondary N) is 1. The van der Waals surface area contributed by atoms with E-state index in [2.05, 4.69) is 29.3 Å². The molecule has 1 aliphatic rings. The number of piperidine rings is 1. The van der Waals surface area contributed by atoms with Gasteiger partial charge in [0.2, 0.25) is 5.91 Å². The third-order valence-electron chi connectivity index (χ3n) is 5.81. The number of rotatable bonds is 8. The maximum absolute atomic E-state index is 12.9. The summed E-state index contributed by atoms with van der Waals surface area (Å²) >= 11 is 5.97. The Labute approximate surface area is 184 Å². The highest BCUT2D eigenvalue weighted by molar-refractivity contribution is 6.30. The van der Waals surface area contributed by atoms with Crippen LogP contribution in [-0.4, -0.2) is 38.1 Å². The van der Waals surface area contributed by atoms with Gasteiger partial charge in [-0.15, -0.1) is 0 Å². The molecule has 6 heteroatoms. The molecule has 0 unspecified atom stereocenters. The van der Waals surface area contributed by atoms with Crippen molar-refractivity contribution in [3.05, 3.63) is 58.6 Å². The summed E-state index contributed by atoms with van der Waals surface area (Å²) in [6.07, 6.45) is 2.57. The first-order chi connectivity index (χ1) is 14.5. The second-order valence-corrected chi connectivity index (χ2v) is 8.20. The van der Waals surface area contributed by atoms with Crippen LogP contribution in [0.2, 0.25) is 5.02 Å². The second kappa shape index (κ2) is 10.7. The van der Waals surface area contributed by atoms with Gasteiger partial charge in [0.1, 0.15) is 0 Å². The number of amides is 1. The highest BCUT2D eigenvalue weighted by atomic mass is 35.5. The molecule has 30 heavy (non-hydrogen) atoms. The second-order valence-electron chi connectivity index (χ2n) is 7.76. The maximum atomic E-state index is 12.9. The molecule has 1 heterocycles. The number of halogens is 1. The average Bonchev–Trinajstić information content (AvgIpc) is 2.78. The van der Waals surface area contributed by atoms with Gasteiger partial charge in [-0.25, -0.2) is 0 Å². The molecule has 1 N–H and O–H groups in total. The molecule has 0 saturated carbocycles. The Balaban J connectivity index is 1.54. The number of likely N-dealkylation sites (tertiary alicyclic amines) is 1. The van der Waals surface area contributed by atoms with Crippen molar-refractivity contribution in [2.24, 2.45) is 5.92 Å². The van der Waals surface area contributed by atoms with Crippen LogP contribution in [0.3, 0.4) is 0 Å². The summed E-state index contributed by atoms with van der Waals surface area (Å²) < 4.78 is 10.7. The number of carbonyl (C=O) groups is 1. The van der Waals surface area contributed by atoms with E-state index in [4.69, 9.17) is 21.1 Å². The lowest BCUT2D eigenvalue weighted by Crippen LogP contribution is -2.41. The minimum atomic E-state index is -0.0376. The van der Waals surface area contributed by atoms with Crippen LogP contribution in [0.25, 0.3) is 0 Å². The molecule has 5 nitrogen and oxygen atoms in total. The van der Waals surface area contributed by atoms with Crippen molar-refractivity contribution in [3.8, 4) is 11.5 Å². The first kappa shape index (κ1) is 22.4. The van der Waals surface area contributed by atoms with E-state index in [1.807, 2.05) is 30.3 Å². The van der Waals surface area contributed by atoms with E-state index in [0.29, 0.717) is 11.5 Å². The Hall–Kier alpha value is -2.24. The van der Waals surface area contributed by atoms with Gasteiger partial charge >= 0.3 is 0 Å². The highest BCUT2D eigenvalue weighted by Crippen LogP contribution is 2.31. The fourth-order valence-corrected chi connectivity index (χ4v) is 4.11. The predicted molar refractivity (Wildman–Crippen MR) is 120 cm³/mol. The van der Waals surface area contributed by atoms with Crippen molar-refractivity contribution in [1.29, 1.82) is 0 Å². The topological polar surface area (TPSA) is 50.8 Å². The molecule has 1 atom stereocenters. The van der Waals surface area contributed by atoms with Crippen molar-refractivity contribution >= 4 is 17.5 Å². The van der Waals surface area contributed by atoms with Gasteiger partial charge < -0.3 is 14.8 Å². The number of benzene rings is 2. The Morgan fingerprint density at radius 3 is 2.37 bits per heavy atom. The van der Waals surface area contributed by atoms with Crippen LogP contribution < -0.4 is 14.8 Å². The Morgan fingerprint density at radius 1 is 1.10 bits per heavy atom. The van der Waals surface area contributed by atoms with Gasteiger partial charge in [0.25, 0.3) is 0 Å². The number of hydrogen-bond acceptors (Lipinski definition) is 4. The molecular formula is C24H31ClN2O3. The van der Waals surface area contributed by atoms with Gasteiger partial charge in [0.05, 0.1) is 20.3 Å². The molecule has 1 fully saturated rings. The van der Waals surface area contributed by atoms with Gasteiger partial charge in [0.15, 0.2) is 11.5 Å². The van der Waals surface area contributed by atoms with Crippen molar-refractivity contribution in [2.75, 3.05) is 27.3 Å². The highest BCUT2D eigenvalue weighted by Gasteiger charge is 2.26. The van der Waals surface area contributed by atoms with E-state index in [1.54, 1.807) is 14.2 Å². The van der Waals surface area contributed by atoms with Gasteiger partial charge in [-0.1, -0.05) is 36.7 Å². The predicted octanol–water partition coefficient (Wildman–Crippen LogP) is 4.84. The molecular weight excluding hydrogens is 400 g/mol. The summed E-state index contributed by atoms with van der Waals surface area (Å²) in [5, 5.41) is 4.00. The minimum Gasteiger partial charge on any atom is -0.493 e. The molecule has 0 radical (unpaired) electrons. The monoisotopic (exact) mass is 430 g/mol. The third kappa shape index (κ3) is 5.67. The first-order valence-corrected chi connectivity index (χ1v) is 10.9. The molecule has 0 aliphatic carbocycles. The van der Waals surface area contributed by atoms with Crippen LogP contribution in [0.5, 0.6) is 11.5 Å². The largest absolute Gasteiger partial charge is 0.493 e. The molecule has 2 aromatic rings. The minimum absolute atomic E-state index is 0.0376. The fourth-order valence-electron chi connectivity index (χ4n) is 3.98. The summed E-state index contributed by atoms with van der Waals surface area (Å²) in [5.41, 5.74) is 2.28. The van der Waals surface area contributed by atoms with Crippen LogP contribution in [0.15, 0.2) is 42.5 Å². The summed E-state index contributed by atoms with van der Waals surface area (Å²) in [7, 11) is 3.24. The van der Waals surface area contributed by atoms with Gasteiger partial charge in [-0.05, 0) is 67.7 Å². The molecule has 162 valence electrons. The number of methoxy groups -OCH3 is 2. The zero-order valence-electron chi connectivity index (χ0n) is 18.0. The van der Waals surface area contributed by atoms with Crippen LogP contribution in [0, 0.1) is 5.92 Å². The number of ether oxygens (including phenoxy) is 2. The van der Waals surface area contributed by atoms with Crippen molar-refractivity contribution in [2.45, 2.75) is 38.8 Å².